The van der Waals surface area contributed by atoms with Gasteiger partial charge in [0.25, 0.3) is 5.56 Å². The number of alkyl halides is 3. The van der Waals surface area contributed by atoms with Gasteiger partial charge in [-0.2, -0.15) is 18.3 Å². The van der Waals surface area contributed by atoms with Crippen LogP contribution < -0.4 is 15.6 Å². The fourth-order valence-corrected chi connectivity index (χ4v) is 1.79. The molecule has 24 heavy (non-hydrogen) atoms. The minimum atomic E-state index is -4.72. The van der Waals surface area contributed by atoms with Crippen molar-refractivity contribution in [2.24, 2.45) is 0 Å². The maximum Gasteiger partial charge on any atom is 0.435 e. The lowest BCUT2D eigenvalue weighted by molar-refractivity contribution is -0.142. The van der Waals surface area contributed by atoms with Crippen molar-refractivity contribution in [3.63, 3.8) is 0 Å². The molecule has 1 atom stereocenters. The molecule has 0 aliphatic carbocycles. The minimum Gasteiger partial charge on any atom is -0.481 e. The molecule has 0 spiro atoms. The van der Waals surface area contributed by atoms with E-state index < -0.39 is 29.4 Å². The number of hydrogen-bond acceptors (Lipinski definition) is 5. The predicted octanol–water partition coefficient (Wildman–Crippen LogP) is 1.87. The lowest BCUT2D eigenvalue weighted by Gasteiger charge is -2.15. The Hall–Kier alpha value is -2.91. The lowest BCUT2D eigenvalue weighted by Crippen LogP contribution is -2.34. The zero-order chi connectivity index (χ0) is 17.9. The smallest absolute Gasteiger partial charge is 0.435 e. The van der Waals surface area contributed by atoms with Crippen molar-refractivity contribution in [1.29, 1.82) is 0 Å². The van der Waals surface area contributed by atoms with Crippen LogP contribution in [0.15, 0.2) is 35.3 Å². The summed E-state index contributed by atoms with van der Waals surface area (Å²) in [5.41, 5.74) is -1.78. The molecule has 0 saturated carbocycles. The molecule has 2 aromatic heterocycles. The fourth-order valence-electron chi connectivity index (χ4n) is 1.79. The van der Waals surface area contributed by atoms with Gasteiger partial charge in [0.15, 0.2) is 5.69 Å². The number of anilines is 1. The van der Waals surface area contributed by atoms with Crippen LogP contribution in [0, 0.1) is 0 Å². The van der Waals surface area contributed by atoms with Crippen molar-refractivity contribution < 1.29 is 22.7 Å². The van der Waals surface area contributed by atoms with Crippen LogP contribution in [0.1, 0.15) is 18.7 Å². The van der Waals surface area contributed by atoms with E-state index in [0.29, 0.717) is 28.4 Å². The molecule has 0 aromatic carbocycles. The van der Waals surface area contributed by atoms with Crippen molar-refractivity contribution in [2.75, 3.05) is 12.4 Å². The second-order valence-corrected chi connectivity index (χ2v) is 4.75. The minimum absolute atomic E-state index is 0.299. The molecule has 1 unspecified atom stereocenters. The van der Waals surface area contributed by atoms with Gasteiger partial charge >= 0.3 is 6.18 Å². The van der Waals surface area contributed by atoms with Gasteiger partial charge in [0.1, 0.15) is 6.04 Å². The van der Waals surface area contributed by atoms with Gasteiger partial charge in [0.2, 0.25) is 11.8 Å². The van der Waals surface area contributed by atoms with Crippen LogP contribution in [0.4, 0.5) is 18.9 Å². The van der Waals surface area contributed by atoms with Gasteiger partial charge in [-0.15, -0.1) is 0 Å². The first-order valence-electron chi connectivity index (χ1n) is 6.70. The Kier molecular flexibility index (Phi) is 4.86. The van der Waals surface area contributed by atoms with E-state index in [1.165, 1.54) is 32.4 Å². The van der Waals surface area contributed by atoms with Gasteiger partial charge in [-0.05, 0) is 19.1 Å². The molecule has 0 radical (unpaired) electrons. The standard InChI is InChI=1S/C14H13F3N4O3/c1-8(13(23)19-9-3-5-11(24-2)18-7-9)21-12(22)6-4-10(20-21)14(15,16)17/h3-8H,1-2H3,(H,19,23). The number of amides is 1. The number of halogens is 3. The maximum absolute atomic E-state index is 12.7. The summed E-state index contributed by atoms with van der Waals surface area (Å²) in [4.78, 5) is 27.7. The summed E-state index contributed by atoms with van der Waals surface area (Å²) in [6.45, 7) is 1.26. The van der Waals surface area contributed by atoms with Crippen LogP contribution in [-0.2, 0) is 11.0 Å². The first-order valence-corrected chi connectivity index (χ1v) is 6.70. The molecule has 0 fully saturated rings. The van der Waals surface area contributed by atoms with Gasteiger partial charge in [-0.1, -0.05) is 0 Å². The van der Waals surface area contributed by atoms with E-state index in [9.17, 15) is 22.8 Å². The number of carbonyl (C=O) groups is 1. The Morgan fingerprint density at radius 1 is 1.29 bits per heavy atom. The van der Waals surface area contributed by atoms with Crippen LogP contribution in [0.3, 0.4) is 0 Å². The van der Waals surface area contributed by atoms with Crippen LogP contribution in [0.2, 0.25) is 0 Å². The van der Waals surface area contributed by atoms with Crippen LogP contribution in [0.25, 0.3) is 0 Å². The fraction of sp³-hybridized carbons (Fsp3) is 0.286. The highest BCUT2D eigenvalue weighted by Gasteiger charge is 2.34. The molecule has 0 bridgehead atoms. The summed E-state index contributed by atoms with van der Waals surface area (Å²) >= 11 is 0. The molecular formula is C14H13F3N4O3. The second kappa shape index (κ2) is 6.69. The maximum atomic E-state index is 12.7. The summed E-state index contributed by atoms with van der Waals surface area (Å²) in [6.07, 6.45) is -3.41. The number of pyridine rings is 1. The largest absolute Gasteiger partial charge is 0.481 e. The molecule has 0 aliphatic rings. The van der Waals surface area contributed by atoms with Crippen molar-refractivity contribution in [2.45, 2.75) is 19.1 Å². The molecule has 2 aromatic rings. The van der Waals surface area contributed by atoms with Gasteiger partial charge in [-0.3, -0.25) is 9.59 Å². The topological polar surface area (TPSA) is 86.1 Å². The van der Waals surface area contributed by atoms with E-state index in [1.807, 2.05) is 0 Å². The molecule has 2 rings (SSSR count). The number of carbonyl (C=O) groups excluding carboxylic acids is 1. The van der Waals surface area contributed by atoms with E-state index >= 15 is 0 Å². The monoisotopic (exact) mass is 342 g/mol. The Labute approximate surface area is 134 Å². The molecule has 10 heteroatoms. The van der Waals surface area contributed by atoms with Gasteiger partial charge in [0, 0.05) is 12.1 Å². The molecular weight excluding hydrogens is 329 g/mol. The number of nitrogens with one attached hydrogen (secondary N) is 1. The van der Waals surface area contributed by atoms with Crippen LogP contribution in [0.5, 0.6) is 5.88 Å². The first-order chi connectivity index (χ1) is 11.2. The molecule has 1 N–H and O–H groups in total. The quantitative estimate of drug-likeness (QED) is 0.917. The predicted molar refractivity (Wildman–Crippen MR) is 77.6 cm³/mol. The molecule has 0 saturated heterocycles. The molecule has 128 valence electrons. The van der Waals surface area contributed by atoms with Crippen LogP contribution in [-0.4, -0.2) is 27.8 Å². The Morgan fingerprint density at radius 3 is 2.54 bits per heavy atom. The number of nitrogens with zero attached hydrogens (tertiary/aromatic N) is 3. The lowest BCUT2D eigenvalue weighted by atomic mass is 10.3. The van der Waals surface area contributed by atoms with Gasteiger partial charge in [0.05, 0.1) is 19.0 Å². The number of aromatic nitrogens is 3. The van der Waals surface area contributed by atoms with E-state index in [0.717, 1.165) is 0 Å². The zero-order valence-corrected chi connectivity index (χ0v) is 12.7. The Bertz CT molecular complexity index is 787. The highest BCUT2D eigenvalue weighted by molar-refractivity contribution is 5.93. The summed E-state index contributed by atoms with van der Waals surface area (Å²) in [5.74, 6) is -0.382. The molecule has 2 heterocycles. The van der Waals surface area contributed by atoms with E-state index in [4.69, 9.17) is 4.74 Å². The van der Waals surface area contributed by atoms with Crippen molar-refractivity contribution in [1.82, 2.24) is 14.8 Å². The summed E-state index contributed by atoms with van der Waals surface area (Å²) in [5, 5.41) is 5.66. The molecule has 0 aliphatic heterocycles. The van der Waals surface area contributed by atoms with Crippen molar-refractivity contribution in [3.05, 3.63) is 46.5 Å². The third kappa shape index (κ3) is 3.89. The molecule has 7 nitrogen and oxygen atoms in total. The number of methoxy groups -OCH3 is 1. The first kappa shape index (κ1) is 17.4. The third-order valence-electron chi connectivity index (χ3n) is 3.07. The average Bonchev–Trinajstić information content (AvgIpc) is 2.54. The summed E-state index contributed by atoms with van der Waals surface area (Å²) < 4.78 is 43.4. The number of hydrogen-bond donors (Lipinski definition) is 1. The highest BCUT2D eigenvalue weighted by Crippen LogP contribution is 2.26. The summed E-state index contributed by atoms with van der Waals surface area (Å²) in [6, 6.07) is 3.03. The van der Waals surface area contributed by atoms with Gasteiger partial charge in [-0.25, -0.2) is 9.67 Å². The number of rotatable bonds is 4. The summed E-state index contributed by atoms with van der Waals surface area (Å²) in [7, 11) is 1.42. The second-order valence-electron chi connectivity index (χ2n) is 4.75. The van der Waals surface area contributed by atoms with Crippen molar-refractivity contribution in [3.8, 4) is 5.88 Å². The van der Waals surface area contributed by atoms with Crippen molar-refractivity contribution >= 4 is 11.6 Å². The zero-order valence-electron chi connectivity index (χ0n) is 12.7. The molecule has 1 amide bonds. The third-order valence-corrected chi connectivity index (χ3v) is 3.07. The van der Waals surface area contributed by atoms with E-state index in [1.54, 1.807) is 0 Å². The Morgan fingerprint density at radius 2 is 2.00 bits per heavy atom. The number of ether oxygens (including phenoxy) is 1. The highest BCUT2D eigenvalue weighted by atomic mass is 19.4. The van der Waals surface area contributed by atoms with Gasteiger partial charge < -0.3 is 10.1 Å². The SMILES string of the molecule is COc1ccc(NC(=O)C(C)n2nc(C(F)(F)F)ccc2=O)cn1. The normalized spacial score (nSPS) is 12.5. The Balaban J connectivity index is 2.22. The average molecular weight is 342 g/mol. The van der Waals surface area contributed by atoms with E-state index in [-0.39, 0.29) is 0 Å². The van der Waals surface area contributed by atoms with Crippen LogP contribution >= 0.6 is 0 Å². The van der Waals surface area contributed by atoms with E-state index in [2.05, 4.69) is 15.4 Å².